The highest BCUT2D eigenvalue weighted by Gasteiger charge is 2.30. The zero-order valence-electron chi connectivity index (χ0n) is 14.0. The first-order chi connectivity index (χ1) is 10.9. The van der Waals surface area contributed by atoms with Crippen molar-refractivity contribution in [3.8, 4) is 0 Å². The summed E-state index contributed by atoms with van der Waals surface area (Å²) in [5.74, 6) is -0.213. The zero-order chi connectivity index (χ0) is 16.9. The molecule has 1 aromatic rings. The first-order valence-electron chi connectivity index (χ1n) is 8.48. The van der Waals surface area contributed by atoms with E-state index in [4.69, 9.17) is 0 Å². The molecule has 6 heteroatoms. The Kier molecular flexibility index (Phi) is 5.80. The average molecular weight is 321 g/mol. The molecule has 0 unspecified atom stereocenters. The quantitative estimate of drug-likeness (QED) is 0.806. The summed E-state index contributed by atoms with van der Waals surface area (Å²) in [7, 11) is 0. The summed E-state index contributed by atoms with van der Waals surface area (Å²) in [6, 6.07) is 0. The molecule has 1 aliphatic carbocycles. The van der Waals surface area contributed by atoms with Crippen LogP contribution in [0.25, 0.3) is 0 Å². The van der Waals surface area contributed by atoms with Crippen LogP contribution in [0.1, 0.15) is 65.2 Å². The van der Waals surface area contributed by atoms with Gasteiger partial charge in [-0.05, 0) is 32.6 Å². The molecule has 1 saturated carbocycles. The van der Waals surface area contributed by atoms with Gasteiger partial charge in [0.05, 0.1) is 11.9 Å². The van der Waals surface area contributed by atoms with Gasteiger partial charge in [-0.3, -0.25) is 9.48 Å². The third-order valence-corrected chi connectivity index (χ3v) is 4.70. The van der Waals surface area contributed by atoms with Crippen LogP contribution >= 0.6 is 0 Å². The molecule has 0 spiro atoms. The molecule has 0 aliphatic heterocycles. The van der Waals surface area contributed by atoms with E-state index in [9.17, 15) is 14.7 Å². The minimum atomic E-state index is -1.13. The molecule has 23 heavy (non-hydrogen) atoms. The molecule has 1 aromatic heterocycles. The topological polar surface area (TPSA) is 84.2 Å². The molecule has 1 aliphatic rings. The fourth-order valence-electron chi connectivity index (χ4n) is 3.04. The number of nitrogens with one attached hydrogen (secondary N) is 1. The Morgan fingerprint density at radius 3 is 2.70 bits per heavy atom. The summed E-state index contributed by atoms with van der Waals surface area (Å²) in [5.41, 5.74) is -0.591. The maximum atomic E-state index is 12.0. The van der Waals surface area contributed by atoms with Gasteiger partial charge in [0.25, 0.3) is 0 Å². The van der Waals surface area contributed by atoms with Crippen LogP contribution in [0.4, 0.5) is 5.69 Å². The van der Waals surface area contributed by atoms with Gasteiger partial charge in [0.2, 0.25) is 5.91 Å². The molecule has 2 N–H and O–H groups in total. The monoisotopic (exact) mass is 321 g/mol. The number of hydrogen-bond acceptors (Lipinski definition) is 3. The number of carboxylic acids is 1. The lowest BCUT2D eigenvalue weighted by Crippen LogP contribution is -2.35. The maximum Gasteiger partial charge on any atom is 0.331 e. The van der Waals surface area contributed by atoms with Gasteiger partial charge in [-0.2, -0.15) is 5.10 Å². The molecule has 0 bridgehead atoms. The summed E-state index contributed by atoms with van der Waals surface area (Å²) >= 11 is 0. The van der Waals surface area contributed by atoms with Gasteiger partial charge in [0.1, 0.15) is 0 Å². The Morgan fingerprint density at radius 1 is 1.35 bits per heavy atom. The van der Waals surface area contributed by atoms with Gasteiger partial charge in [-0.15, -0.1) is 0 Å². The molecular weight excluding hydrogens is 294 g/mol. The largest absolute Gasteiger partial charge is 0.479 e. The number of anilines is 1. The van der Waals surface area contributed by atoms with Crippen molar-refractivity contribution >= 4 is 17.6 Å². The molecule has 1 heterocycles. The van der Waals surface area contributed by atoms with E-state index < -0.39 is 11.5 Å². The van der Waals surface area contributed by atoms with Gasteiger partial charge in [0, 0.05) is 12.6 Å². The summed E-state index contributed by atoms with van der Waals surface area (Å²) in [6.07, 6.45) is 12.2. The Balaban J connectivity index is 1.77. The fourth-order valence-corrected chi connectivity index (χ4v) is 3.04. The number of rotatable bonds is 7. The number of hydrogen-bond donors (Lipinski definition) is 2. The average Bonchev–Trinajstić information content (AvgIpc) is 2.97. The lowest BCUT2D eigenvalue weighted by Gasteiger charge is -2.21. The number of amides is 1. The van der Waals surface area contributed by atoms with Gasteiger partial charge < -0.3 is 10.4 Å². The van der Waals surface area contributed by atoms with Crippen LogP contribution in [0.2, 0.25) is 0 Å². The summed E-state index contributed by atoms with van der Waals surface area (Å²) < 4.78 is 1.35. The van der Waals surface area contributed by atoms with Crippen molar-refractivity contribution in [3.63, 3.8) is 0 Å². The highest BCUT2D eigenvalue weighted by Crippen LogP contribution is 2.27. The highest BCUT2D eigenvalue weighted by molar-refractivity contribution is 5.90. The zero-order valence-corrected chi connectivity index (χ0v) is 14.0. The second-order valence-electron chi connectivity index (χ2n) is 6.98. The minimum Gasteiger partial charge on any atom is -0.479 e. The lowest BCUT2D eigenvalue weighted by atomic mass is 9.86. The molecule has 128 valence electrons. The number of aliphatic carboxylic acids is 1. The van der Waals surface area contributed by atoms with Crippen LogP contribution in [-0.2, 0) is 15.1 Å². The number of carboxylic acid groups (broad SMARTS) is 1. The molecular formula is C17H27N3O3. The molecule has 0 aromatic carbocycles. The predicted octanol–water partition coefficient (Wildman–Crippen LogP) is 3.39. The first kappa shape index (κ1) is 17.5. The first-order valence-corrected chi connectivity index (χ1v) is 8.48. The standard InChI is InChI=1S/C17H27N3O3/c1-17(2,16(22)23)20-12-14(11-18-20)19-15(21)10-6-9-13-7-4-3-5-8-13/h11-13H,3-10H2,1-2H3,(H,19,21)(H,22,23). The predicted molar refractivity (Wildman–Crippen MR) is 88.2 cm³/mol. The molecule has 1 amide bonds. The Morgan fingerprint density at radius 2 is 2.04 bits per heavy atom. The van der Waals surface area contributed by atoms with E-state index in [0.29, 0.717) is 12.1 Å². The van der Waals surface area contributed by atoms with Gasteiger partial charge in [0.15, 0.2) is 5.54 Å². The second-order valence-corrected chi connectivity index (χ2v) is 6.98. The van der Waals surface area contributed by atoms with E-state index in [1.54, 1.807) is 20.0 Å². The van der Waals surface area contributed by atoms with E-state index in [0.717, 1.165) is 18.8 Å². The van der Waals surface area contributed by atoms with E-state index in [1.807, 2.05) is 0 Å². The smallest absolute Gasteiger partial charge is 0.331 e. The minimum absolute atomic E-state index is 0.0338. The fraction of sp³-hybridized carbons (Fsp3) is 0.706. The van der Waals surface area contributed by atoms with Crippen LogP contribution in [0.3, 0.4) is 0 Å². The van der Waals surface area contributed by atoms with E-state index >= 15 is 0 Å². The summed E-state index contributed by atoms with van der Waals surface area (Å²) in [5, 5.41) is 16.0. The lowest BCUT2D eigenvalue weighted by molar-refractivity contribution is -0.146. The number of carbonyl (C=O) groups is 2. The van der Waals surface area contributed by atoms with E-state index in [2.05, 4.69) is 10.4 Å². The molecule has 0 radical (unpaired) electrons. The third-order valence-electron chi connectivity index (χ3n) is 4.70. The van der Waals surface area contributed by atoms with Crippen molar-refractivity contribution in [2.24, 2.45) is 5.92 Å². The maximum absolute atomic E-state index is 12.0. The summed E-state index contributed by atoms with van der Waals surface area (Å²) in [6.45, 7) is 3.14. The van der Waals surface area contributed by atoms with Crippen molar-refractivity contribution in [1.29, 1.82) is 0 Å². The molecule has 1 fully saturated rings. The van der Waals surface area contributed by atoms with Crippen molar-refractivity contribution in [2.45, 2.75) is 70.8 Å². The second kappa shape index (κ2) is 7.62. The van der Waals surface area contributed by atoms with Crippen LogP contribution in [-0.4, -0.2) is 26.8 Å². The Hall–Kier alpha value is -1.85. The van der Waals surface area contributed by atoms with Crippen LogP contribution in [0.15, 0.2) is 12.4 Å². The van der Waals surface area contributed by atoms with Crippen molar-refractivity contribution in [3.05, 3.63) is 12.4 Å². The molecule has 2 rings (SSSR count). The Bertz CT molecular complexity index is 545. The van der Waals surface area contributed by atoms with E-state index in [1.165, 1.54) is 43.0 Å². The molecule has 0 saturated heterocycles. The third kappa shape index (κ3) is 4.81. The highest BCUT2D eigenvalue weighted by atomic mass is 16.4. The normalized spacial score (nSPS) is 16.3. The summed E-state index contributed by atoms with van der Waals surface area (Å²) in [4.78, 5) is 23.2. The molecule has 6 nitrogen and oxygen atoms in total. The van der Waals surface area contributed by atoms with Gasteiger partial charge in [-0.25, -0.2) is 4.79 Å². The van der Waals surface area contributed by atoms with Crippen LogP contribution in [0.5, 0.6) is 0 Å². The number of aromatic nitrogens is 2. The van der Waals surface area contributed by atoms with Crippen molar-refractivity contribution in [2.75, 3.05) is 5.32 Å². The SMILES string of the molecule is CC(C)(C(=O)O)n1cc(NC(=O)CCCC2CCCCC2)cn1. The van der Waals surface area contributed by atoms with Crippen molar-refractivity contribution < 1.29 is 14.7 Å². The van der Waals surface area contributed by atoms with E-state index in [-0.39, 0.29) is 5.91 Å². The number of nitrogens with zero attached hydrogens (tertiary/aromatic N) is 2. The van der Waals surface area contributed by atoms with Gasteiger partial charge in [-0.1, -0.05) is 32.1 Å². The van der Waals surface area contributed by atoms with Crippen LogP contribution in [0, 0.1) is 5.92 Å². The number of carbonyl (C=O) groups excluding carboxylic acids is 1. The van der Waals surface area contributed by atoms with Crippen molar-refractivity contribution in [1.82, 2.24) is 9.78 Å². The Labute approximate surface area is 137 Å². The molecule has 0 atom stereocenters. The van der Waals surface area contributed by atoms with Gasteiger partial charge >= 0.3 is 5.97 Å². The van der Waals surface area contributed by atoms with Crippen LogP contribution < -0.4 is 5.32 Å².